The highest BCUT2D eigenvalue weighted by atomic mass is 16.5. The molecule has 0 heterocycles. The van der Waals surface area contributed by atoms with Gasteiger partial charge in [-0.1, -0.05) is 26.5 Å². The number of anilines is 3. The second-order valence-corrected chi connectivity index (χ2v) is 6.90. The summed E-state index contributed by atoms with van der Waals surface area (Å²) >= 11 is 0. The van der Waals surface area contributed by atoms with E-state index in [0.29, 0.717) is 18.0 Å². The lowest BCUT2D eigenvalue weighted by Crippen LogP contribution is -2.22. The topological polar surface area (TPSA) is 79.5 Å². The maximum Gasteiger partial charge on any atom is 0.243 e. The zero-order valence-electron chi connectivity index (χ0n) is 16.5. The summed E-state index contributed by atoms with van der Waals surface area (Å²) in [5, 5.41) is 8.71. The van der Waals surface area contributed by atoms with Crippen LogP contribution in [0.25, 0.3) is 0 Å². The molecule has 0 radical (unpaired) electrons. The van der Waals surface area contributed by atoms with Gasteiger partial charge in [-0.2, -0.15) is 0 Å². The van der Waals surface area contributed by atoms with Gasteiger partial charge in [-0.3, -0.25) is 9.59 Å². The van der Waals surface area contributed by atoms with Crippen molar-refractivity contribution in [1.29, 1.82) is 0 Å². The standard InChI is InChI=1S/C22H27N3O3/c1-15(2)14-28-20-10-8-17(9-11-20)24-21(26)13-23-18-6-5-7-19(12-18)25-22(27)16(3)4/h5-12,16,23H,1,13-14H2,2-4H3,(H,24,26)(H,25,27). The van der Waals surface area contributed by atoms with Gasteiger partial charge in [0.2, 0.25) is 11.8 Å². The zero-order chi connectivity index (χ0) is 20.5. The van der Waals surface area contributed by atoms with Crippen molar-refractivity contribution in [3.63, 3.8) is 0 Å². The monoisotopic (exact) mass is 381 g/mol. The van der Waals surface area contributed by atoms with E-state index in [9.17, 15) is 9.59 Å². The molecule has 2 rings (SSSR count). The molecule has 28 heavy (non-hydrogen) atoms. The predicted octanol–water partition coefficient (Wildman–Crippen LogP) is 4.29. The van der Waals surface area contributed by atoms with Gasteiger partial charge in [0, 0.05) is 23.0 Å². The fraction of sp³-hybridized carbons (Fsp3) is 0.273. The van der Waals surface area contributed by atoms with Crippen molar-refractivity contribution >= 4 is 28.9 Å². The van der Waals surface area contributed by atoms with Crippen LogP contribution in [0.4, 0.5) is 17.1 Å². The highest BCUT2D eigenvalue weighted by Gasteiger charge is 2.08. The number of carbonyl (C=O) groups excluding carboxylic acids is 2. The first kappa shape index (κ1) is 21.0. The molecule has 0 saturated heterocycles. The van der Waals surface area contributed by atoms with Crippen molar-refractivity contribution in [3.8, 4) is 5.75 Å². The normalized spacial score (nSPS) is 10.3. The Bertz CT molecular complexity index is 829. The minimum atomic E-state index is -0.174. The third-order valence-corrected chi connectivity index (χ3v) is 3.73. The predicted molar refractivity (Wildman–Crippen MR) is 114 cm³/mol. The van der Waals surface area contributed by atoms with Gasteiger partial charge in [0.05, 0.1) is 6.54 Å². The van der Waals surface area contributed by atoms with E-state index in [4.69, 9.17) is 4.74 Å². The van der Waals surface area contributed by atoms with Crippen LogP contribution >= 0.6 is 0 Å². The first-order valence-corrected chi connectivity index (χ1v) is 9.15. The Labute approximate surface area is 166 Å². The SMILES string of the molecule is C=C(C)COc1ccc(NC(=O)CNc2cccc(NC(=O)C(C)C)c2)cc1. The summed E-state index contributed by atoms with van der Waals surface area (Å²) in [5.41, 5.74) is 3.07. The highest BCUT2D eigenvalue weighted by Crippen LogP contribution is 2.17. The van der Waals surface area contributed by atoms with Crippen molar-refractivity contribution in [3.05, 3.63) is 60.7 Å². The Morgan fingerprint density at radius 3 is 2.32 bits per heavy atom. The second-order valence-electron chi connectivity index (χ2n) is 6.90. The molecule has 0 spiro atoms. The Morgan fingerprint density at radius 2 is 1.68 bits per heavy atom. The lowest BCUT2D eigenvalue weighted by molar-refractivity contribution is -0.119. The molecule has 0 aromatic heterocycles. The maximum absolute atomic E-state index is 12.2. The van der Waals surface area contributed by atoms with Crippen LogP contribution in [0.2, 0.25) is 0 Å². The summed E-state index contributed by atoms with van der Waals surface area (Å²) in [6, 6.07) is 14.4. The molecule has 3 N–H and O–H groups in total. The molecule has 2 aromatic rings. The number of rotatable bonds is 9. The van der Waals surface area contributed by atoms with Crippen molar-refractivity contribution in [1.82, 2.24) is 0 Å². The smallest absolute Gasteiger partial charge is 0.243 e. The summed E-state index contributed by atoms with van der Waals surface area (Å²) in [5.74, 6) is 0.400. The molecule has 0 aliphatic rings. The molecular formula is C22H27N3O3. The first-order chi connectivity index (χ1) is 13.3. The fourth-order valence-electron chi connectivity index (χ4n) is 2.22. The van der Waals surface area contributed by atoms with Gasteiger partial charge in [-0.15, -0.1) is 0 Å². The number of amides is 2. The third-order valence-electron chi connectivity index (χ3n) is 3.73. The number of carbonyl (C=O) groups is 2. The van der Waals surface area contributed by atoms with E-state index in [1.165, 1.54) is 0 Å². The second kappa shape index (κ2) is 10.2. The number of hydrogen-bond acceptors (Lipinski definition) is 4. The molecule has 0 aliphatic heterocycles. The van der Waals surface area contributed by atoms with Crippen molar-refractivity contribution in [2.45, 2.75) is 20.8 Å². The van der Waals surface area contributed by atoms with Crippen LogP contribution in [0.3, 0.4) is 0 Å². The van der Waals surface area contributed by atoms with Gasteiger partial charge in [0.1, 0.15) is 12.4 Å². The Balaban J connectivity index is 1.83. The van der Waals surface area contributed by atoms with Gasteiger partial charge in [-0.25, -0.2) is 0 Å². The van der Waals surface area contributed by atoms with Crippen LogP contribution in [-0.4, -0.2) is 25.0 Å². The summed E-state index contributed by atoms with van der Waals surface area (Å²) in [4.78, 5) is 23.9. The molecule has 0 unspecified atom stereocenters. The van der Waals surface area contributed by atoms with Gasteiger partial charge in [-0.05, 0) is 55.0 Å². The summed E-state index contributed by atoms with van der Waals surface area (Å²) in [7, 11) is 0. The first-order valence-electron chi connectivity index (χ1n) is 9.15. The van der Waals surface area contributed by atoms with E-state index in [-0.39, 0.29) is 24.3 Å². The van der Waals surface area contributed by atoms with Gasteiger partial charge in [0.15, 0.2) is 0 Å². The molecule has 2 amide bonds. The number of benzene rings is 2. The zero-order valence-corrected chi connectivity index (χ0v) is 16.5. The van der Waals surface area contributed by atoms with E-state index in [0.717, 1.165) is 17.0 Å². The fourth-order valence-corrected chi connectivity index (χ4v) is 2.22. The van der Waals surface area contributed by atoms with E-state index < -0.39 is 0 Å². The van der Waals surface area contributed by atoms with Crippen LogP contribution in [-0.2, 0) is 9.59 Å². The molecule has 148 valence electrons. The average Bonchev–Trinajstić information content (AvgIpc) is 2.66. The quantitative estimate of drug-likeness (QED) is 0.566. The van der Waals surface area contributed by atoms with Gasteiger partial charge in [0.25, 0.3) is 0 Å². The van der Waals surface area contributed by atoms with Gasteiger partial charge >= 0.3 is 0 Å². The summed E-state index contributed by atoms with van der Waals surface area (Å²) in [6.07, 6.45) is 0. The lowest BCUT2D eigenvalue weighted by atomic mass is 10.2. The average molecular weight is 381 g/mol. The molecule has 0 atom stereocenters. The van der Waals surface area contributed by atoms with Crippen LogP contribution in [0.15, 0.2) is 60.7 Å². The van der Waals surface area contributed by atoms with Crippen LogP contribution in [0, 0.1) is 5.92 Å². The highest BCUT2D eigenvalue weighted by molar-refractivity contribution is 5.94. The Hall–Kier alpha value is -3.28. The molecule has 0 saturated carbocycles. The number of hydrogen-bond donors (Lipinski definition) is 3. The molecule has 0 aliphatic carbocycles. The van der Waals surface area contributed by atoms with Crippen molar-refractivity contribution < 1.29 is 14.3 Å². The lowest BCUT2D eigenvalue weighted by Gasteiger charge is -2.11. The molecule has 6 nitrogen and oxygen atoms in total. The van der Waals surface area contributed by atoms with Crippen LogP contribution in [0.5, 0.6) is 5.75 Å². The Kier molecular flexibility index (Phi) is 7.63. The van der Waals surface area contributed by atoms with E-state index in [1.54, 1.807) is 30.3 Å². The summed E-state index contributed by atoms with van der Waals surface area (Å²) < 4.78 is 5.53. The maximum atomic E-state index is 12.2. The van der Waals surface area contributed by atoms with Crippen LogP contribution in [0.1, 0.15) is 20.8 Å². The van der Waals surface area contributed by atoms with E-state index in [2.05, 4.69) is 22.5 Å². The van der Waals surface area contributed by atoms with Gasteiger partial charge < -0.3 is 20.7 Å². The Morgan fingerprint density at radius 1 is 1.00 bits per heavy atom. The van der Waals surface area contributed by atoms with E-state index >= 15 is 0 Å². The van der Waals surface area contributed by atoms with E-state index in [1.807, 2.05) is 39.0 Å². The molecule has 0 bridgehead atoms. The molecule has 0 fully saturated rings. The minimum Gasteiger partial charge on any atom is -0.489 e. The minimum absolute atomic E-state index is 0.0504. The molecule has 2 aromatic carbocycles. The van der Waals surface area contributed by atoms with Crippen LogP contribution < -0.4 is 20.7 Å². The number of nitrogens with one attached hydrogen (secondary N) is 3. The largest absolute Gasteiger partial charge is 0.489 e. The molecule has 6 heteroatoms. The van der Waals surface area contributed by atoms with Crippen molar-refractivity contribution in [2.24, 2.45) is 5.92 Å². The number of ether oxygens (including phenoxy) is 1. The summed E-state index contributed by atoms with van der Waals surface area (Å²) in [6.45, 7) is 9.93. The van der Waals surface area contributed by atoms with Crippen molar-refractivity contribution in [2.75, 3.05) is 29.1 Å². The third kappa shape index (κ3) is 7.15. The molecular weight excluding hydrogens is 354 g/mol.